The maximum atomic E-state index is 12.6. The third-order valence-corrected chi connectivity index (χ3v) is 4.85. The molecule has 2 aromatic carbocycles. The normalized spacial score (nSPS) is 16.4. The van der Waals surface area contributed by atoms with E-state index in [0.717, 1.165) is 35.3 Å². The summed E-state index contributed by atoms with van der Waals surface area (Å²) >= 11 is 0. The van der Waals surface area contributed by atoms with Crippen LogP contribution in [0.15, 0.2) is 66.9 Å². The van der Waals surface area contributed by atoms with Crippen LogP contribution in [0.25, 0.3) is 16.9 Å². The highest BCUT2D eigenvalue weighted by Crippen LogP contribution is 2.25. The summed E-state index contributed by atoms with van der Waals surface area (Å²) in [6.07, 6.45) is 3.46. The molecule has 0 saturated carbocycles. The molecule has 5 heteroatoms. The van der Waals surface area contributed by atoms with E-state index in [1.165, 1.54) is 0 Å². The predicted octanol–water partition coefficient (Wildman–Crippen LogP) is 3.68. The van der Waals surface area contributed by atoms with E-state index in [-0.39, 0.29) is 12.0 Å². The molecule has 5 nitrogen and oxygen atoms in total. The topological polar surface area (TPSA) is 47.4 Å². The molecule has 27 heavy (non-hydrogen) atoms. The van der Waals surface area contributed by atoms with Crippen LogP contribution in [0.5, 0.6) is 0 Å². The SMILES string of the molecule is CN(Cc1cn(-c2ccccc2)nc1-c1ccccc1)C(=O)C1CCCO1. The van der Waals surface area contributed by atoms with E-state index in [1.807, 2.05) is 78.6 Å². The standard InChI is InChI=1S/C22H23N3O2/c1-24(22(26)20-13-8-14-27-20)15-18-16-25(19-11-6-3-7-12-19)23-21(18)17-9-4-2-5-10-17/h2-7,9-12,16,20H,8,13-15H2,1H3. The fourth-order valence-corrected chi connectivity index (χ4v) is 3.43. The van der Waals surface area contributed by atoms with Gasteiger partial charge in [-0.25, -0.2) is 4.68 Å². The number of aromatic nitrogens is 2. The monoisotopic (exact) mass is 361 g/mol. The molecule has 1 amide bonds. The van der Waals surface area contributed by atoms with Gasteiger partial charge in [0.15, 0.2) is 0 Å². The molecule has 1 unspecified atom stereocenters. The Morgan fingerprint density at radius 1 is 1.15 bits per heavy atom. The molecule has 1 aliphatic rings. The Bertz CT molecular complexity index is 900. The Hall–Kier alpha value is -2.92. The number of likely N-dealkylation sites (N-methyl/N-ethyl adjacent to an activating group) is 1. The molecule has 0 aliphatic carbocycles. The molecule has 1 atom stereocenters. The Morgan fingerprint density at radius 3 is 2.52 bits per heavy atom. The van der Waals surface area contributed by atoms with Crippen molar-refractivity contribution < 1.29 is 9.53 Å². The van der Waals surface area contributed by atoms with Gasteiger partial charge in [0.05, 0.1) is 11.4 Å². The van der Waals surface area contributed by atoms with Gasteiger partial charge in [-0.3, -0.25) is 4.79 Å². The van der Waals surface area contributed by atoms with Crippen molar-refractivity contribution in [1.82, 2.24) is 14.7 Å². The average Bonchev–Trinajstić information content (AvgIpc) is 3.39. The molecule has 0 bridgehead atoms. The van der Waals surface area contributed by atoms with Crippen LogP contribution in [0, 0.1) is 0 Å². The van der Waals surface area contributed by atoms with Gasteiger partial charge in [0, 0.05) is 37.5 Å². The first-order chi connectivity index (χ1) is 13.2. The van der Waals surface area contributed by atoms with Crippen LogP contribution in [0.4, 0.5) is 0 Å². The van der Waals surface area contributed by atoms with E-state index < -0.39 is 0 Å². The largest absolute Gasteiger partial charge is 0.368 e. The summed E-state index contributed by atoms with van der Waals surface area (Å²) in [6, 6.07) is 20.1. The molecule has 0 spiro atoms. The van der Waals surface area contributed by atoms with Crippen molar-refractivity contribution in [2.75, 3.05) is 13.7 Å². The van der Waals surface area contributed by atoms with E-state index in [0.29, 0.717) is 13.2 Å². The summed E-state index contributed by atoms with van der Waals surface area (Å²) in [7, 11) is 1.83. The maximum absolute atomic E-state index is 12.6. The Balaban J connectivity index is 1.65. The zero-order chi connectivity index (χ0) is 18.6. The number of rotatable bonds is 5. The highest BCUT2D eigenvalue weighted by atomic mass is 16.5. The lowest BCUT2D eigenvalue weighted by Crippen LogP contribution is -2.35. The minimum absolute atomic E-state index is 0.0407. The van der Waals surface area contributed by atoms with Gasteiger partial charge in [0.2, 0.25) is 0 Å². The molecule has 1 aromatic heterocycles. The number of hydrogen-bond donors (Lipinski definition) is 0. The molecule has 0 N–H and O–H groups in total. The molecule has 4 rings (SSSR count). The number of nitrogens with zero attached hydrogens (tertiary/aromatic N) is 3. The molecule has 0 radical (unpaired) electrons. The van der Waals surface area contributed by atoms with Crippen molar-refractivity contribution in [2.24, 2.45) is 0 Å². The van der Waals surface area contributed by atoms with Gasteiger partial charge in [-0.05, 0) is 25.0 Å². The van der Waals surface area contributed by atoms with Crippen LogP contribution in [-0.4, -0.2) is 40.3 Å². The van der Waals surface area contributed by atoms with E-state index in [1.54, 1.807) is 4.90 Å². The lowest BCUT2D eigenvalue weighted by atomic mass is 10.1. The van der Waals surface area contributed by atoms with Gasteiger partial charge in [0.1, 0.15) is 6.10 Å². The fraction of sp³-hybridized carbons (Fsp3) is 0.273. The number of benzene rings is 2. The maximum Gasteiger partial charge on any atom is 0.251 e. The van der Waals surface area contributed by atoms with Crippen LogP contribution in [-0.2, 0) is 16.1 Å². The van der Waals surface area contributed by atoms with Crippen LogP contribution in [0.3, 0.4) is 0 Å². The lowest BCUT2D eigenvalue weighted by Gasteiger charge is -2.20. The van der Waals surface area contributed by atoms with Crippen molar-refractivity contribution in [3.05, 3.63) is 72.4 Å². The van der Waals surface area contributed by atoms with Crippen molar-refractivity contribution in [3.8, 4) is 16.9 Å². The molecular formula is C22H23N3O2. The van der Waals surface area contributed by atoms with Gasteiger partial charge < -0.3 is 9.64 Å². The number of ether oxygens (including phenoxy) is 1. The third-order valence-electron chi connectivity index (χ3n) is 4.85. The quantitative estimate of drug-likeness (QED) is 0.696. The Labute approximate surface area is 159 Å². The second kappa shape index (κ2) is 7.76. The van der Waals surface area contributed by atoms with Crippen LogP contribution >= 0.6 is 0 Å². The average molecular weight is 361 g/mol. The van der Waals surface area contributed by atoms with Gasteiger partial charge >= 0.3 is 0 Å². The first-order valence-corrected chi connectivity index (χ1v) is 9.28. The van der Waals surface area contributed by atoms with Gasteiger partial charge in [-0.15, -0.1) is 0 Å². The van der Waals surface area contributed by atoms with Crippen molar-refractivity contribution in [2.45, 2.75) is 25.5 Å². The van der Waals surface area contributed by atoms with Crippen molar-refractivity contribution >= 4 is 5.91 Å². The van der Waals surface area contributed by atoms with E-state index in [4.69, 9.17) is 9.84 Å². The number of carbonyl (C=O) groups excluding carboxylic acids is 1. The van der Waals surface area contributed by atoms with E-state index >= 15 is 0 Å². The molecule has 3 aromatic rings. The zero-order valence-electron chi connectivity index (χ0n) is 15.4. The molecular weight excluding hydrogens is 338 g/mol. The molecule has 2 heterocycles. The summed E-state index contributed by atoms with van der Waals surface area (Å²) in [5.41, 5.74) is 3.94. The lowest BCUT2D eigenvalue weighted by molar-refractivity contribution is -0.140. The number of carbonyl (C=O) groups is 1. The molecule has 1 aliphatic heterocycles. The first kappa shape index (κ1) is 17.5. The van der Waals surface area contributed by atoms with Gasteiger partial charge in [-0.2, -0.15) is 5.10 Å². The molecule has 138 valence electrons. The second-order valence-corrected chi connectivity index (χ2v) is 6.85. The molecule has 1 fully saturated rings. The summed E-state index contributed by atoms with van der Waals surface area (Å²) in [4.78, 5) is 14.4. The first-order valence-electron chi connectivity index (χ1n) is 9.28. The van der Waals surface area contributed by atoms with E-state index in [9.17, 15) is 4.79 Å². The van der Waals surface area contributed by atoms with Crippen LogP contribution in [0.2, 0.25) is 0 Å². The van der Waals surface area contributed by atoms with E-state index in [2.05, 4.69) is 0 Å². The zero-order valence-corrected chi connectivity index (χ0v) is 15.4. The number of hydrogen-bond acceptors (Lipinski definition) is 3. The fourth-order valence-electron chi connectivity index (χ4n) is 3.43. The summed E-state index contributed by atoms with van der Waals surface area (Å²) in [5.74, 6) is 0.0407. The highest BCUT2D eigenvalue weighted by molar-refractivity contribution is 5.81. The minimum atomic E-state index is -0.306. The Kier molecular flexibility index (Phi) is 5.03. The van der Waals surface area contributed by atoms with Crippen LogP contribution < -0.4 is 0 Å². The smallest absolute Gasteiger partial charge is 0.251 e. The minimum Gasteiger partial charge on any atom is -0.368 e. The predicted molar refractivity (Wildman–Crippen MR) is 104 cm³/mol. The third kappa shape index (κ3) is 3.78. The summed E-state index contributed by atoms with van der Waals surface area (Å²) in [5, 5.41) is 4.81. The van der Waals surface area contributed by atoms with Gasteiger partial charge in [0.25, 0.3) is 5.91 Å². The van der Waals surface area contributed by atoms with Crippen LogP contribution in [0.1, 0.15) is 18.4 Å². The van der Waals surface area contributed by atoms with Gasteiger partial charge in [-0.1, -0.05) is 48.5 Å². The number of amides is 1. The molecule has 1 saturated heterocycles. The summed E-state index contributed by atoms with van der Waals surface area (Å²) < 4.78 is 7.43. The van der Waals surface area contributed by atoms with Crippen molar-refractivity contribution in [1.29, 1.82) is 0 Å². The van der Waals surface area contributed by atoms with Crippen molar-refractivity contribution in [3.63, 3.8) is 0 Å². The Morgan fingerprint density at radius 2 is 1.85 bits per heavy atom. The highest BCUT2D eigenvalue weighted by Gasteiger charge is 2.27. The summed E-state index contributed by atoms with van der Waals surface area (Å²) in [6.45, 7) is 1.17. The second-order valence-electron chi connectivity index (χ2n) is 6.85. The number of para-hydroxylation sites is 1.